The van der Waals surface area contributed by atoms with E-state index in [1.54, 1.807) is 4.90 Å². The minimum Gasteiger partial charge on any atom is -0.454 e. The summed E-state index contributed by atoms with van der Waals surface area (Å²) in [5.41, 5.74) is 0. The molecule has 0 aromatic heterocycles. The van der Waals surface area contributed by atoms with Crippen LogP contribution in [0.25, 0.3) is 0 Å². The zero-order valence-corrected chi connectivity index (χ0v) is 12.2. The number of likely N-dealkylation sites (tertiary alicyclic amines) is 1. The molecule has 20 heavy (non-hydrogen) atoms. The topological polar surface area (TPSA) is 38.8 Å². The van der Waals surface area contributed by atoms with Gasteiger partial charge < -0.3 is 14.4 Å². The second-order valence-corrected chi connectivity index (χ2v) is 5.47. The van der Waals surface area contributed by atoms with Gasteiger partial charge in [-0.2, -0.15) is 0 Å². The van der Waals surface area contributed by atoms with Crippen molar-refractivity contribution in [2.24, 2.45) is 5.92 Å². The number of rotatable bonds is 4. The average molecular weight is 277 g/mol. The third-order valence-corrected chi connectivity index (χ3v) is 3.37. The molecule has 4 heteroatoms. The fourth-order valence-corrected chi connectivity index (χ4v) is 2.18. The Labute approximate surface area is 120 Å². The molecule has 1 atom stereocenters. The summed E-state index contributed by atoms with van der Waals surface area (Å²) in [4.78, 5) is 13.9. The fraction of sp³-hybridized carbons (Fsp3) is 0.562. The Kier molecular flexibility index (Phi) is 5.27. The number of benzene rings is 1. The predicted octanol–water partition coefficient (Wildman–Crippen LogP) is 3.67. The van der Waals surface area contributed by atoms with Crippen molar-refractivity contribution in [3.63, 3.8) is 0 Å². The van der Waals surface area contributed by atoms with Crippen molar-refractivity contribution in [2.45, 2.75) is 39.4 Å². The van der Waals surface area contributed by atoms with Crippen LogP contribution in [-0.4, -0.2) is 30.4 Å². The largest absolute Gasteiger partial charge is 0.454 e. The smallest absolute Gasteiger partial charge is 0.412 e. The number of hydrogen-bond acceptors (Lipinski definition) is 3. The van der Waals surface area contributed by atoms with E-state index in [1.165, 1.54) is 6.42 Å². The third kappa shape index (κ3) is 4.15. The fourth-order valence-electron chi connectivity index (χ4n) is 2.18. The Morgan fingerprint density at radius 1 is 1.10 bits per heavy atom. The van der Waals surface area contributed by atoms with Gasteiger partial charge in [-0.15, -0.1) is 0 Å². The molecule has 1 aliphatic heterocycles. The molecule has 1 unspecified atom stereocenters. The average Bonchev–Trinajstić information content (AvgIpc) is 2.48. The molecule has 0 spiro atoms. The maximum atomic E-state index is 12.1. The summed E-state index contributed by atoms with van der Waals surface area (Å²) >= 11 is 0. The van der Waals surface area contributed by atoms with Crippen molar-refractivity contribution < 1.29 is 14.3 Å². The van der Waals surface area contributed by atoms with E-state index in [1.807, 2.05) is 44.2 Å². The van der Waals surface area contributed by atoms with Crippen LogP contribution in [-0.2, 0) is 4.74 Å². The summed E-state index contributed by atoms with van der Waals surface area (Å²) in [7, 11) is 0. The van der Waals surface area contributed by atoms with Crippen molar-refractivity contribution >= 4 is 6.09 Å². The number of ether oxygens (including phenoxy) is 2. The van der Waals surface area contributed by atoms with Gasteiger partial charge in [-0.3, -0.25) is 0 Å². The highest BCUT2D eigenvalue weighted by atomic mass is 16.7. The van der Waals surface area contributed by atoms with Gasteiger partial charge in [0.25, 0.3) is 0 Å². The van der Waals surface area contributed by atoms with E-state index in [2.05, 4.69) is 0 Å². The summed E-state index contributed by atoms with van der Waals surface area (Å²) in [5, 5.41) is 0. The molecule has 0 saturated carbocycles. The van der Waals surface area contributed by atoms with Crippen molar-refractivity contribution in [1.29, 1.82) is 0 Å². The van der Waals surface area contributed by atoms with Crippen LogP contribution in [0.5, 0.6) is 5.75 Å². The zero-order chi connectivity index (χ0) is 14.4. The molecule has 0 N–H and O–H groups in total. The van der Waals surface area contributed by atoms with Crippen LogP contribution in [0.3, 0.4) is 0 Å². The molecule has 2 rings (SSSR count). The van der Waals surface area contributed by atoms with Crippen molar-refractivity contribution in [3.8, 4) is 5.75 Å². The Morgan fingerprint density at radius 3 is 2.35 bits per heavy atom. The van der Waals surface area contributed by atoms with E-state index in [4.69, 9.17) is 9.47 Å². The number of para-hydroxylation sites is 1. The monoisotopic (exact) mass is 277 g/mol. The van der Waals surface area contributed by atoms with Crippen LogP contribution >= 0.6 is 0 Å². The van der Waals surface area contributed by atoms with Crippen LogP contribution in [0.15, 0.2) is 30.3 Å². The first kappa shape index (κ1) is 14.7. The van der Waals surface area contributed by atoms with Crippen molar-refractivity contribution in [2.75, 3.05) is 13.1 Å². The first-order chi connectivity index (χ1) is 9.66. The van der Waals surface area contributed by atoms with Gasteiger partial charge in [0.2, 0.25) is 6.29 Å². The lowest BCUT2D eigenvalue weighted by molar-refractivity contribution is -0.0744. The van der Waals surface area contributed by atoms with Crippen LogP contribution in [0, 0.1) is 5.92 Å². The van der Waals surface area contributed by atoms with Crippen molar-refractivity contribution in [3.05, 3.63) is 30.3 Å². The Bertz CT molecular complexity index is 413. The minimum atomic E-state index is -0.549. The Morgan fingerprint density at radius 2 is 1.75 bits per heavy atom. The molecule has 0 bridgehead atoms. The van der Waals surface area contributed by atoms with E-state index >= 15 is 0 Å². The van der Waals surface area contributed by atoms with Crippen molar-refractivity contribution in [1.82, 2.24) is 4.90 Å². The second-order valence-electron chi connectivity index (χ2n) is 5.47. The molecule has 0 radical (unpaired) electrons. The molecule has 1 fully saturated rings. The van der Waals surface area contributed by atoms with Gasteiger partial charge >= 0.3 is 6.09 Å². The van der Waals surface area contributed by atoms with E-state index in [-0.39, 0.29) is 12.0 Å². The lowest BCUT2D eigenvalue weighted by Gasteiger charge is -2.29. The summed E-state index contributed by atoms with van der Waals surface area (Å²) in [6.45, 7) is 5.54. The number of amides is 1. The number of piperidine rings is 1. The van der Waals surface area contributed by atoms with Gasteiger partial charge in [-0.25, -0.2) is 4.79 Å². The van der Waals surface area contributed by atoms with E-state index in [0.29, 0.717) is 0 Å². The first-order valence-electron chi connectivity index (χ1n) is 7.34. The molecule has 1 aromatic rings. The molecule has 4 nitrogen and oxygen atoms in total. The Hall–Kier alpha value is -1.71. The first-order valence-corrected chi connectivity index (χ1v) is 7.34. The second kappa shape index (κ2) is 7.17. The van der Waals surface area contributed by atoms with Crippen LogP contribution in [0.1, 0.15) is 33.1 Å². The van der Waals surface area contributed by atoms with Gasteiger partial charge in [0, 0.05) is 19.0 Å². The predicted molar refractivity (Wildman–Crippen MR) is 77.6 cm³/mol. The highest BCUT2D eigenvalue weighted by molar-refractivity contribution is 5.67. The molecule has 1 aromatic carbocycles. The van der Waals surface area contributed by atoms with Gasteiger partial charge in [0.1, 0.15) is 5.75 Å². The molecule has 110 valence electrons. The maximum Gasteiger partial charge on any atom is 0.412 e. The summed E-state index contributed by atoms with van der Waals surface area (Å²) in [6, 6.07) is 9.46. The maximum absolute atomic E-state index is 12.1. The highest BCUT2D eigenvalue weighted by Crippen LogP contribution is 2.18. The number of nitrogens with zero attached hydrogens (tertiary/aromatic N) is 1. The quantitative estimate of drug-likeness (QED) is 0.788. The van der Waals surface area contributed by atoms with Gasteiger partial charge in [0.15, 0.2) is 0 Å². The van der Waals surface area contributed by atoms with Crippen LogP contribution in [0.4, 0.5) is 4.79 Å². The van der Waals surface area contributed by atoms with Gasteiger partial charge in [-0.1, -0.05) is 32.0 Å². The van der Waals surface area contributed by atoms with E-state index in [9.17, 15) is 4.79 Å². The van der Waals surface area contributed by atoms with Crippen LogP contribution < -0.4 is 4.74 Å². The molecular weight excluding hydrogens is 254 g/mol. The SMILES string of the molecule is CC(C)C(OC(=O)N1CCCCC1)Oc1ccccc1. The molecule has 1 amide bonds. The highest BCUT2D eigenvalue weighted by Gasteiger charge is 2.25. The van der Waals surface area contributed by atoms with Gasteiger partial charge in [0.05, 0.1) is 0 Å². The lowest BCUT2D eigenvalue weighted by Crippen LogP contribution is -2.40. The molecular formula is C16H23NO3. The van der Waals surface area contributed by atoms with E-state index < -0.39 is 6.29 Å². The normalized spacial score (nSPS) is 16.9. The molecule has 1 heterocycles. The minimum absolute atomic E-state index is 0.101. The summed E-state index contributed by atoms with van der Waals surface area (Å²) < 4.78 is 11.3. The van der Waals surface area contributed by atoms with Gasteiger partial charge in [-0.05, 0) is 31.4 Å². The molecule has 1 saturated heterocycles. The summed E-state index contributed by atoms with van der Waals surface area (Å²) in [6.07, 6.45) is 2.49. The Balaban J connectivity index is 1.93. The zero-order valence-electron chi connectivity index (χ0n) is 12.2. The number of hydrogen-bond donors (Lipinski definition) is 0. The lowest BCUT2D eigenvalue weighted by atomic mass is 10.1. The summed E-state index contributed by atoms with van der Waals surface area (Å²) in [5.74, 6) is 0.821. The van der Waals surface area contributed by atoms with E-state index in [0.717, 1.165) is 31.7 Å². The number of carbonyl (C=O) groups excluding carboxylic acids is 1. The van der Waals surface area contributed by atoms with Crippen LogP contribution in [0.2, 0.25) is 0 Å². The third-order valence-electron chi connectivity index (χ3n) is 3.37. The number of carbonyl (C=O) groups is 1. The molecule has 1 aliphatic rings. The standard InChI is InChI=1S/C16H23NO3/c1-13(2)15(19-14-9-5-3-6-10-14)20-16(18)17-11-7-4-8-12-17/h3,5-6,9-10,13,15H,4,7-8,11-12H2,1-2H3. The molecule has 0 aliphatic carbocycles.